The van der Waals surface area contributed by atoms with E-state index in [4.69, 9.17) is 0 Å². The fraction of sp³-hybridized carbons (Fsp3) is 0.304. The molecule has 0 spiro atoms. The normalized spacial score (nSPS) is 21.5. The molecule has 2 atom stereocenters. The van der Waals surface area contributed by atoms with Crippen molar-refractivity contribution in [2.45, 2.75) is 32.6 Å². The number of rotatable bonds is 4. The first-order chi connectivity index (χ1) is 14.5. The lowest BCUT2D eigenvalue weighted by Gasteiger charge is -2.19. The number of hydrogen-bond donors (Lipinski definition) is 1. The SMILES string of the molecule is CC(=NNC(=O)c1ccc(F)cc1)c1ccc(N2C(=O)C3CCCCC3C2=O)cc1. The number of benzene rings is 2. The van der Waals surface area contributed by atoms with E-state index < -0.39 is 11.7 Å². The molecule has 1 saturated carbocycles. The van der Waals surface area contributed by atoms with Crippen LogP contribution in [0.5, 0.6) is 0 Å². The van der Waals surface area contributed by atoms with Crippen LogP contribution >= 0.6 is 0 Å². The number of hydrogen-bond acceptors (Lipinski definition) is 4. The summed E-state index contributed by atoms with van der Waals surface area (Å²) in [6, 6.07) is 12.2. The number of carbonyl (C=O) groups excluding carboxylic acids is 3. The molecule has 0 aromatic heterocycles. The average Bonchev–Trinajstić information content (AvgIpc) is 3.03. The minimum absolute atomic E-state index is 0.102. The van der Waals surface area contributed by atoms with Crippen LogP contribution in [0, 0.1) is 17.7 Å². The number of fused-ring (bicyclic) bond motifs is 1. The van der Waals surface area contributed by atoms with Gasteiger partial charge in [0.1, 0.15) is 5.82 Å². The minimum Gasteiger partial charge on any atom is -0.274 e. The molecule has 0 radical (unpaired) electrons. The standard InChI is InChI=1S/C23H22FN3O3/c1-14(25-26-21(28)16-6-10-17(24)11-7-16)15-8-12-18(13-9-15)27-22(29)19-4-2-3-5-20(19)23(27)30/h6-13,19-20H,2-5H2,1H3,(H,26,28). The van der Waals surface area contributed by atoms with E-state index >= 15 is 0 Å². The number of amides is 3. The summed E-state index contributed by atoms with van der Waals surface area (Å²) < 4.78 is 13.0. The van der Waals surface area contributed by atoms with Crippen molar-refractivity contribution < 1.29 is 18.8 Å². The van der Waals surface area contributed by atoms with E-state index in [0.29, 0.717) is 17.0 Å². The lowest BCUT2D eigenvalue weighted by Crippen LogP contribution is -2.30. The maximum Gasteiger partial charge on any atom is 0.271 e. The van der Waals surface area contributed by atoms with E-state index in [2.05, 4.69) is 10.5 Å². The molecule has 1 heterocycles. The molecule has 0 bridgehead atoms. The van der Waals surface area contributed by atoms with Crippen molar-refractivity contribution >= 4 is 29.1 Å². The summed E-state index contributed by atoms with van der Waals surface area (Å²) in [5.74, 6) is -1.43. The molecule has 3 amide bonds. The second-order valence-electron chi connectivity index (χ2n) is 7.70. The lowest BCUT2D eigenvalue weighted by molar-refractivity contribution is -0.122. The number of nitrogens with one attached hydrogen (secondary N) is 1. The van der Waals surface area contributed by atoms with Crippen molar-refractivity contribution in [3.8, 4) is 0 Å². The van der Waals surface area contributed by atoms with Gasteiger partial charge < -0.3 is 0 Å². The summed E-state index contributed by atoms with van der Waals surface area (Å²) in [7, 11) is 0. The highest BCUT2D eigenvalue weighted by Crippen LogP contribution is 2.40. The quantitative estimate of drug-likeness (QED) is 0.477. The molecule has 6 nitrogen and oxygen atoms in total. The number of anilines is 1. The largest absolute Gasteiger partial charge is 0.274 e. The predicted molar refractivity (Wildman–Crippen MR) is 110 cm³/mol. The molecule has 1 aliphatic carbocycles. The highest BCUT2D eigenvalue weighted by atomic mass is 19.1. The van der Waals surface area contributed by atoms with Gasteiger partial charge in [-0.1, -0.05) is 25.0 Å². The molecule has 1 aliphatic heterocycles. The Bertz CT molecular complexity index is 991. The van der Waals surface area contributed by atoms with Crippen molar-refractivity contribution in [1.82, 2.24) is 5.43 Å². The van der Waals surface area contributed by atoms with Gasteiger partial charge in [0.25, 0.3) is 5.91 Å². The third kappa shape index (κ3) is 3.75. The summed E-state index contributed by atoms with van der Waals surface area (Å²) in [6.07, 6.45) is 3.55. The zero-order valence-corrected chi connectivity index (χ0v) is 16.6. The molecule has 4 rings (SSSR count). The van der Waals surface area contributed by atoms with Crippen molar-refractivity contribution in [1.29, 1.82) is 0 Å². The Kier molecular flexibility index (Phi) is 5.44. The Hall–Kier alpha value is -3.35. The van der Waals surface area contributed by atoms with Crippen LogP contribution in [0.1, 0.15) is 48.5 Å². The molecule has 2 aliphatic rings. The van der Waals surface area contributed by atoms with Crippen LogP contribution < -0.4 is 10.3 Å². The summed E-state index contributed by atoms with van der Waals surface area (Å²) in [6.45, 7) is 1.74. The summed E-state index contributed by atoms with van der Waals surface area (Å²) in [5.41, 5.74) is 4.61. The second kappa shape index (κ2) is 8.18. The van der Waals surface area contributed by atoms with E-state index in [1.165, 1.54) is 29.2 Å². The Morgan fingerprint density at radius 2 is 1.47 bits per heavy atom. The number of hydrazone groups is 1. The van der Waals surface area contributed by atoms with Crippen LogP contribution in [-0.2, 0) is 9.59 Å². The van der Waals surface area contributed by atoms with Crippen molar-refractivity contribution in [3.05, 3.63) is 65.5 Å². The van der Waals surface area contributed by atoms with Gasteiger partial charge >= 0.3 is 0 Å². The molecule has 7 heteroatoms. The van der Waals surface area contributed by atoms with Gasteiger partial charge in [0.05, 0.1) is 23.2 Å². The van der Waals surface area contributed by atoms with E-state index in [-0.39, 0.29) is 23.7 Å². The molecule has 2 aromatic rings. The van der Waals surface area contributed by atoms with Gasteiger partial charge in [0.2, 0.25) is 11.8 Å². The maximum atomic E-state index is 13.0. The van der Waals surface area contributed by atoms with Crippen LogP contribution in [0.2, 0.25) is 0 Å². The predicted octanol–water partition coefficient (Wildman–Crippen LogP) is 3.66. The van der Waals surface area contributed by atoms with Gasteiger partial charge in [-0.3, -0.25) is 19.3 Å². The van der Waals surface area contributed by atoms with E-state index in [0.717, 1.165) is 31.2 Å². The van der Waals surface area contributed by atoms with Gasteiger partial charge in [-0.15, -0.1) is 0 Å². The molecule has 30 heavy (non-hydrogen) atoms. The van der Waals surface area contributed by atoms with Crippen LogP contribution in [-0.4, -0.2) is 23.4 Å². The van der Waals surface area contributed by atoms with Gasteiger partial charge in [0, 0.05) is 5.56 Å². The van der Waals surface area contributed by atoms with Gasteiger partial charge in [0.15, 0.2) is 0 Å². The zero-order chi connectivity index (χ0) is 21.3. The third-order valence-electron chi connectivity index (χ3n) is 5.82. The average molecular weight is 407 g/mol. The first kappa shape index (κ1) is 19.9. The number of imide groups is 1. The van der Waals surface area contributed by atoms with Gasteiger partial charge in [-0.05, 0) is 61.7 Å². The number of carbonyl (C=O) groups is 3. The summed E-state index contributed by atoms with van der Waals surface area (Å²) in [5, 5.41) is 4.09. The monoisotopic (exact) mass is 407 g/mol. The van der Waals surface area contributed by atoms with Gasteiger partial charge in [-0.2, -0.15) is 5.10 Å². The van der Waals surface area contributed by atoms with E-state index in [1.54, 1.807) is 31.2 Å². The third-order valence-corrected chi connectivity index (χ3v) is 5.82. The smallest absolute Gasteiger partial charge is 0.271 e. The highest BCUT2D eigenvalue weighted by molar-refractivity contribution is 6.22. The minimum atomic E-state index is -0.443. The van der Waals surface area contributed by atoms with Crippen LogP contribution in [0.3, 0.4) is 0 Å². The van der Waals surface area contributed by atoms with Crippen LogP contribution in [0.25, 0.3) is 0 Å². The van der Waals surface area contributed by atoms with E-state index in [9.17, 15) is 18.8 Å². The Morgan fingerprint density at radius 3 is 2.03 bits per heavy atom. The summed E-state index contributed by atoms with van der Waals surface area (Å²) >= 11 is 0. The fourth-order valence-corrected chi connectivity index (χ4v) is 4.13. The molecular formula is C23H22FN3O3. The Balaban J connectivity index is 1.46. The molecular weight excluding hydrogens is 385 g/mol. The first-order valence-electron chi connectivity index (χ1n) is 10.0. The highest BCUT2D eigenvalue weighted by Gasteiger charge is 2.48. The molecule has 1 saturated heterocycles. The first-order valence-corrected chi connectivity index (χ1v) is 10.0. The maximum absolute atomic E-state index is 13.0. The lowest BCUT2D eigenvalue weighted by atomic mass is 9.81. The van der Waals surface area contributed by atoms with Crippen LogP contribution in [0.15, 0.2) is 53.6 Å². The number of nitrogens with zero attached hydrogens (tertiary/aromatic N) is 2. The topological polar surface area (TPSA) is 78.8 Å². The van der Waals surface area contributed by atoms with Crippen molar-refractivity contribution in [2.24, 2.45) is 16.9 Å². The summed E-state index contributed by atoms with van der Waals surface area (Å²) in [4.78, 5) is 38.8. The van der Waals surface area contributed by atoms with Crippen molar-refractivity contribution in [3.63, 3.8) is 0 Å². The molecule has 2 aromatic carbocycles. The second-order valence-corrected chi connectivity index (χ2v) is 7.70. The fourth-order valence-electron chi connectivity index (χ4n) is 4.13. The molecule has 2 fully saturated rings. The van der Waals surface area contributed by atoms with Crippen molar-refractivity contribution in [2.75, 3.05) is 4.90 Å². The Morgan fingerprint density at radius 1 is 0.933 bits per heavy atom. The molecule has 1 N–H and O–H groups in total. The molecule has 2 unspecified atom stereocenters. The zero-order valence-electron chi connectivity index (χ0n) is 16.6. The number of halogens is 1. The van der Waals surface area contributed by atoms with Gasteiger partial charge in [-0.25, -0.2) is 9.82 Å². The molecule has 154 valence electrons. The van der Waals surface area contributed by atoms with Crippen LogP contribution in [0.4, 0.5) is 10.1 Å². The van der Waals surface area contributed by atoms with E-state index in [1.807, 2.05) is 0 Å². The Labute approximate surface area is 173 Å².